The highest BCUT2D eigenvalue weighted by Crippen LogP contribution is 2.70. The van der Waals surface area contributed by atoms with Crippen LogP contribution >= 0.6 is 0 Å². The molecule has 5 rings (SSSR count). The van der Waals surface area contributed by atoms with Crippen molar-refractivity contribution in [3.05, 3.63) is 84.4 Å². The Bertz CT molecular complexity index is 1200. The van der Waals surface area contributed by atoms with E-state index in [4.69, 9.17) is 4.84 Å². The van der Waals surface area contributed by atoms with Crippen LogP contribution in [0.25, 0.3) is 0 Å². The maximum atomic E-state index is 14.2. The molecule has 1 aliphatic heterocycles. The van der Waals surface area contributed by atoms with Gasteiger partial charge in [0.1, 0.15) is 6.04 Å². The van der Waals surface area contributed by atoms with Crippen molar-refractivity contribution >= 4 is 15.9 Å². The molecule has 2 aromatic rings. The van der Waals surface area contributed by atoms with Gasteiger partial charge < -0.3 is 0 Å². The maximum Gasteiger partial charge on any atom is 0.256 e. The number of benzene rings is 2. The summed E-state index contributed by atoms with van der Waals surface area (Å²) in [5, 5.41) is 0. The first kappa shape index (κ1) is 24.2. The minimum atomic E-state index is -3.75. The Balaban J connectivity index is 1.47. The molecule has 1 unspecified atom stereocenters. The molecule has 5 atom stereocenters. The molecule has 2 aromatic carbocycles. The van der Waals surface area contributed by atoms with Crippen molar-refractivity contribution in [2.24, 2.45) is 16.7 Å². The first-order valence-electron chi connectivity index (χ1n) is 12.4. The Hall–Kier alpha value is -2.48. The van der Waals surface area contributed by atoms with Gasteiger partial charge in [0.2, 0.25) is 10.0 Å². The molecular weight excluding hydrogens is 460 g/mol. The van der Waals surface area contributed by atoms with Crippen molar-refractivity contribution in [1.29, 1.82) is 0 Å². The summed E-state index contributed by atoms with van der Waals surface area (Å²) in [6.45, 7) is 8.60. The molecule has 186 valence electrons. The van der Waals surface area contributed by atoms with E-state index in [0.717, 1.165) is 30.4 Å². The first-order chi connectivity index (χ1) is 16.7. The average molecular weight is 495 g/mol. The zero-order valence-electron chi connectivity index (χ0n) is 20.4. The van der Waals surface area contributed by atoms with Gasteiger partial charge in [-0.3, -0.25) is 9.63 Å². The molecule has 2 aliphatic carbocycles. The summed E-state index contributed by atoms with van der Waals surface area (Å²) in [4.78, 5) is 20.0. The van der Waals surface area contributed by atoms with Crippen LogP contribution in [0.4, 0.5) is 0 Å². The van der Waals surface area contributed by atoms with Crippen molar-refractivity contribution in [3.8, 4) is 0 Å². The molecular formula is C28H34N2O4S. The van der Waals surface area contributed by atoms with Crippen LogP contribution in [0.5, 0.6) is 0 Å². The molecule has 35 heavy (non-hydrogen) atoms. The minimum absolute atomic E-state index is 0.0432. The lowest BCUT2D eigenvalue weighted by atomic mass is 9.69. The van der Waals surface area contributed by atoms with Crippen LogP contribution in [0.2, 0.25) is 0 Å². The largest absolute Gasteiger partial charge is 0.296 e. The molecule has 2 saturated carbocycles. The number of hydrogen-bond donors (Lipinski definition) is 1. The smallest absolute Gasteiger partial charge is 0.256 e. The number of nitrogens with one attached hydrogen (secondary N) is 1. The highest BCUT2D eigenvalue weighted by Gasteiger charge is 2.72. The second kappa shape index (κ2) is 8.87. The van der Waals surface area contributed by atoms with Gasteiger partial charge in [-0.25, -0.2) is 12.7 Å². The van der Waals surface area contributed by atoms with E-state index in [2.05, 4.69) is 25.9 Å². The Morgan fingerprint density at radius 1 is 1.17 bits per heavy atom. The molecule has 3 aliphatic rings. The van der Waals surface area contributed by atoms with E-state index >= 15 is 0 Å². The number of rotatable bonds is 8. The van der Waals surface area contributed by atoms with Crippen LogP contribution in [0.15, 0.2) is 73.3 Å². The molecule has 1 spiro atoms. The van der Waals surface area contributed by atoms with Gasteiger partial charge in [0.15, 0.2) is 0 Å². The SMILES string of the molecule is C=CC(c1ccccc1)[C@@H](NOCc1ccccc1)C(=O)N1[C@@H]2C[C@@H]3CC[C@@]2(CS1(=O)=O)C3(C)C. The molecule has 0 aromatic heterocycles. The zero-order chi connectivity index (χ0) is 24.8. The number of nitrogens with zero attached hydrogens (tertiary/aromatic N) is 1. The zero-order valence-corrected chi connectivity index (χ0v) is 21.2. The summed E-state index contributed by atoms with van der Waals surface area (Å²) in [6.07, 6.45) is 4.31. The van der Waals surface area contributed by atoms with Crippen molar-refractivity contribution in [3.63, 3.8) is 0 Å². The van der Waals surface area contributed by atoms with Gasteiger partial charge in [0.25, 0.3) is 5.91 Å². The van der Waals surface area contributed by atoms with Gasteiger partial charge in [0.05, 0.1) is 18.4 Å². The second-order valence-corrected chi connectivity index (χ2v) is 12.6. The van der Waals surface area contributed by atoms with Crippen LogP contribution in [-0.2, 0) is 26.3 Å². The minimum Gasteiger partial charge on any atom is -0.296 e. The fraction of sp³-hybridized carbons (Fsp3) is 0.464. The van der Waals surface area contributed by atoms with Gasteiger partial charge in [-0.15, -0.1) is 6.58 Å². The number of fused-ring (bicyclic) bond motifs is 1. The Morgan fingerprint density at radius 2 is 1.83 bits per heavy atom. The highest BCUT2D eigenvalue weighted by atomic mass is 32.2. The number of carbonyl (C=O) groups excluding carboxylic acids is 1. The predicted molar refractivity (Wildman–Crippen MR) is 136 cm³/mol. The lowest BCUT2D eigenvalue weighted by Crippen LogP contribution is -2.53. The summed E-state index contributed by atoms with van der Waals surface area (Å²) in [6, 6.07) is 18.0. The van der Waals surface area contributed by atoms with Gasteiger partial charge >= 0.3 is 0 Å². The third-order valence-electron chi connectivity index (χ3n) is 8.98. The quantitative estimate of drug-likeness (QED) is 0.435. The van der Waals surface area contributed by atoms with E-state index in [1.54, 1.807) is 6.08 Å². The van der Waals surface area contributed by atoms with Gasteiger partial charge in [-0.05, 0) is 41.7 Å². The Morgan fingerprint density at radius 3 is 2.46 bits per heavy atom. The van der Waals surface area contributed by atoms with Crippen molar-refractivity contribution in [2.45, 2.75) is 57.7 Å². The molecule has 7 heteroatoms. The van der Waals surface area contributed by atoms with E-state index in [1.165, 1.54) is 4.31 Å². The lowest BCUT2D eigenvalue weighted by Gasteiger charge is -2.38. The Kier molecular flexibility index (Phi) is 6.14. The summed E-state index contributed by atoms with van der Waals surface area (Å²) in [7, 11) is -3.75. The molecule has 1 N–H and O–H groups in total. The first-order valence-corrected chi connectivity index (χ1v) is 14.0. The molecule has 1 saturated heterocycles. The standard InChI is InChI=1S/C28H34N2O4S/c1-4-23(21-13-9-6-10-14-21)25(29-34-18-20-11-7-5-8-12-20)26(31)30-24-17-22-15-16-28(24,27(22,2)3)19-35(30,32)33/h4-14,22-25,29H,1,15-19H2,2-3H3/t22-,23?,24+,25+,28-/m0/s1. The molecule has 1 heterocycles. The summed E-state index contributed by atoms with van der Waals surface area (Å²) >= 11 is 0. The highest BCUT2D eigenvalue weighted by molar-refractivity contribution is 7.90. The van der Waals surface area contributed by atoms with Crippen molar-refractivity contribution < 1.29 is 18.0 Å². The van der Waals surface area contributed by atoms with E-state index in [0.29, 0.717) is 5.92 Å². The molecule has 6 nitrogen and oxygen atoms in total. The van der Waals surface area contributed by atoms with Crippen LogP contribution in [0.3, 0.4) is 0 Å². The van der Waals surface area contributed by atoms with Crippen LogP contribution in [0.1, 0.15) is 50.2 Å². The van der Waals surface area contributed by atoms with Crippen LogP contribution in [0, 0.1) is 16.7 Å². The molecule has 2 bridgehead atoms. The lowest BCUT2D eigenvalue weighted by molar-refractivity contribution is -0.136. The molecule has 3 fully saturated rings. The van der Waals surface area contributed by atoms with Crippen molar-refractivity contribution in [1.82, 2.24) is 9.79 Å². The fourth-order valence-corrected chi connectivity index (χ4v) is 9.48. The van der Waals surface area contributed by atoms with Crippen molar-refractivity contribution in [2.75, 3.05) is 5.75 Å². The topological polar surface area (TPSA) is 75.7 Å². The Labute approximate surface area is 208 Å². The number of hydroxylamine groups is 1. The van der Waals surface area contributed by atoms with E-state index in [-0.39, 0.29) is 29.2 Å². The average Bonchev–Trinajstić information content (AvgIpc) is 3.32. The van der Waals surface area contributed by atoms with E-state index in [1.807, 2.05) is 60.7 Å². The van der Waals surface area contributed by atoms with E-state index < -0.39 is 27.9 Å². The van der Waals surface area contributed by atoms with Gasteiger partial charge in [-0.1, -0.05) is 80.6 Å². The summed E-state index contributed by atoms with van der Waals surface area (Å²) in [5.74, 6) is -0.445. The predicted octanol–water partition coefficient (Wildman–Crippen LogP) is 4.41. The van der Waals surface area contributed by atoms with Crippen LogP contribution in [-0.4, -0.2) is 36.5 Å². The van der Waals surface area contributed by atoms with Gasteiger partial charge in [-0.2, -0.15) is 5.48 Å². The third-order valence-corrected chi connectivity index (χ3v) is 10.9. The summed E-state index contributed by atoms with van der Waals surface area (Å²) in [5.41, 5.74) is 4.28. The second-order valence-electron chi connectivity index (χ2n) is 10.8. The number of amides is 1. The monoisotopic (exact) mass is 494 g/mol. The number of hydrogen-bond acceptors (Lipinski definition) is 5. The van der Waals surface area contributed by atoms with Gasteiger partial charge in [0, 0.05) is 11.3 Å². The maximum absolute atomic E-state index is 14.2. The third kappa shape index (κ3) is 3.85. The summed E-state index contributed by atoms with van der Waals surface area (Å²) < 4.78 is 28.3. The van der Waals surface area contributed by atoms with Crippen LogP contribution < -0.4 is 5.48 Å². The normalized spacial score (nSPS) is 29.5. The molecule has 0 radical (unpaired) electrons. The molecule has 1 amide bonds. The number of carbonyl (C=O) groups is 1. The fourth-order valence-electron chi connectivity index (χ4n) is 6.92. The van der Waals surface area contributed by atoms with E-state index in [9.17, 15) is 13.2 Å². The number of sulfonamides is 1.